The lowest BCUT2D eigenvalue weighted by atomic mass is 9.99. The Kier molecular flexibility index (Phi) is 3.97. The first-order chi connectivity index (χ1) is 8.96. The lowest BCUT2D eigenvalue weighted by Gasteiger charge is -2.27. The van der Waals surface area contributed by atoms with Crippen LogP contribution in [0, 0.1) is 0 Å². The number of benzene rings is 1. The molecule has 0 bridgehead atoms. The average molecular weight is 343 g/mol. The van der Waals surface area contributed by atoms with Gasteiger partial charge < -0.3 is 0 Å². The zero-order valence-corrected chi connectivity index (χ0v) is 13.0. The number of hydrogen-bond donors (Lipinski definition) is 0. The predicted octanol–water partition coefficient (Wildman–Crippen LogP) is 3.25. The highest BCUT2D eigenvalue weighted by molar-refractivity contribution is 9.11. The highest BCUT2D eigenvalue weighted by Gasteiger charge is 2.53. The third kappa shape index (κ3) is 2.09. The summed E-state index contributed by atoms with van der Waals surface area (Å²) in [6, 6.07) is 8.20. The molecule has 1 aliphatic carbocycles. The van der Waals surface area contributed by atoms with E-state index < -0.39 is 14.6 Å². The Morgan fingerprint density at radius 1 is 1.32 bits per heavy atom. The zero-order valence-electron chi connectivity index (χ0n) is 10.6. The molecule has 1 fully saturated rings. The van der Waals surface area contributed by atoms with Gasteiger partial charge in [-0.15, -0.1) is 0 Å². The highest BCUT2D eigenvalue weighted by Crippen LogP contribution is 2.45. The van der Waals surface area contributed by atoms with Crippen LogP contribution in [0.1, 0.15) is 26.2 Å². The van der Waals surface area contributed by atoms with E-state index in [9.17, 15) is 13.2 Å². The van der Waals surface area contributed by atoms with Crippen molar-refractivity contribution in [2.45, 2.75) is 35.8 Å². The topological polar surface area (TPSA) is 51.2 Å². The third-order valence-electron chi connectivity index (χ3n) is 3.71. The monoisotopic (exact) mass is 342 g/mol. The van der Waals surface area contributed by atoms with E-state index in [4.69, 9.17) is 0 Å². The number of ketones is 1. The van der Waals surface area contributed by atoms with Gasteiger partial charge in [0.15, 0.2) is 20.4 Å². The SMILES string of the molecule is CC(=O)C1(S(=O)(=O)c2ccccc2)CCC/C1=C\Br. The van der Waals surface area contributed by atoms with Gasteiger partial charge in [-0.3, -0.25) is 4.79 Å². The van der Waals surface area contributed by atoms with E-state index in [1.54, 1.807) is 35.3 Å². The number of hydrogen-bond acceptors (Lipinski definition) is 3. The summed E-state index contributed by atoms with van der Waals surface area (Å²) in [5.41, 5.74) is 0.656. The summed E-state index contributed by atoms with van der Waals surface area (Å²) in [5.74, 6) is -0.306. The molecule has 0 saturated heterocycles. The van der Waals surface area contributed by atoms with Crippen molar-refractivity contribution in [1.82, 2.24) is 0 Å². The second-order valence-electron chi connectivity index (χ2n) is 4.69. The Bertz CT molecular complexity index is 619. The molecule has 2 rings (SSSR count). The minimum Gasteiger partial charge on any atom is -0.298 e. The molecule has 3 nitrogen and oxygen atoms in total. The van der Waals surface area contributed by atoms with Crippen LogP contribution in [0.4, 0.5) is 0 Å². The molecule has 1 aliphatic rings. The van der Waals surface area contributed by atoms with Crippen molar-refractivity contribution < 1.29 is 13.2 Å². The molecule has 19 heavy (non-hydrogen) atoms. The molecular weight excluding hydrogens is 328 g/mol. The average Bonchev–Trinajstić information content (AvgIpc) is 2.85. The molecule has 1 saturated carbocycles. The van der Waals surface area contributed by atoms with E-state index in [1.165, 1.54) is 6.92 Å². The Labute approximate surface area is 121 Å². The summed E-state index contributed by atoms with van der Waals surface area (Å²) >= 11 is 3.21. The van der Waals surface area contributed by atoms with E-state index in [0.29, 0.717) is 24.8 Å². The summed E-state index contributed by atoms with van der Waals surface area (Å²) in [6.45, 7) is 1.36. The van der Waals surface area contributed by atoms with Crippen LogP contribution in [0.3, 0.4) is 0 Å². The third-order valence-corrected chi connectivity index (χ3v) is 6.82. The van der Waals surface area contributed by atoms with Crippen molar-refractivity contribution in [1.29, 1.82) is 0 Å². The Hall–Kier alpha value is -0.940. The van der Waals surface area contributed by atoms with Gasteiger partial charge in [-0.2, -0.15) is 0 Å². The second kappa shape index (κ2) is 5.21. The Morgan fingerprint density at radius 3 is 2.47 bits per heavy atom. The van der Waals surface area contributed by atoms with Crippen molar-refractivity contribution in [2.75, 3.05) is 0 Å². The molecule has 1 unspecified atom stereocenters. The van der Waals surface area contributed by atoms with Crippen LogP contribution >= 0.6 is 15.9 Å². The summed E-state index contributed by atoms with van der Waals surface area (Å²) in [5, 5.41) is 0. The first kappa shape index (κ1) is 14.5. The van der Waals surface area contributed by atoms with Gasteiger partial charge in [0.2, 0.25) is 0 Å². The number of halogens is 1. The quantitative estimate of drug-likeness (QED) is 0.847. The summed E-state index contributed by atoms with van der Waals surface area (Å²) in [7, 11) is -3.71. The van der Waals surface area contributed by atoms with Crippen molar-refractivity contribution >= 4 is 31.6 Å². The van der Waals surface area contributed by atoms with Crippen LogP contribution in [0.2, 0.25) is 0 Å². The van der Waals surface area contributed by atoms with Crippen molar-refractivity contribution in [3.05, 3.63) is 40.9 Å². The van der Waals surface area contributed by atoms with Crippen LogP contribution in [-0.4, -0.2) is 18.9 Å². The molecule has 0 N–H and O–H groups in total. The maximum atomic E-state index is 12.9. The fourth-order valence-corrected chi connectivity index (χ4v) is 5.72. The molecule has 0 aliphatic heterocycles. The van der Waals surface area contributed by atoms with Crippen LogP contribution in [0.5, 0.6) is 0 Å². The van der Waals surface area contributed by atoms with Crippen LogP contribution in [0.25, 0.3) is 0 Å². The number of carbonyl (C=O) groups is 1. The molecule has 0 amide bonds. The fourth-order valence-electron chi connectivity index (χ4n) is 2.73. The van der Waals surface area contributed by atoms with E-state index in [2.05, 4.69) is 15.9 Å². The minimum absolute atomic E-state index is 0.207. The molecule has 0 heterocycles. The van der Waals surface area contributed by atoms with E-state index in [-0.39, 0.29) is 10.7 Å². The standard InChI is InChI=1S/C14H15BrO3S/c1-11(16)14(9-5-6-12(14)10-15)19(17,18)13-7-3-2-4-8-13/h2-4,7-8,10H,5-6,9H2,1H3/b12-10+. The van der Waals surface area contributed by atoms with Gasteiger partial charge in [0.1, 0.15) is 0 Å². The highest BCUT2D eigenvalue weighted by atomic mass is 79.9. The molecule has 0 spiro atoms. The maximum Gasteiger partial charge on any atom is 0.195 e. The van der Waals surface area contributed by atoms with Gasteiger partial charge in [0.25, 0.3) is 0 Å². The van der Waals surface area contributed by atoms with E-state index in [1.807, 2.05) is 0 Å². The van der Waals surface area contributed by atoms with Gasteiger partial charge in [0.05, 0.1) is 4.90 Å². The Balaban J connectivity index is 2.68. The zero-order chi connectivity index (χ0) is 14.1. The van der Waals surface area contributed by atoms with Crippen LogP contribution in [-0.2, 0) is 14.6 Å². The number of carbonyl (C=O) groups excluding carboxylic acids is 1. The first-order valence-electron chi connectivity index (χ1n) is 6.07. The number of rotatable bonds is 3. The lowest BCUT2D eigenvalue weighted by molar-refractivity contribution is -0.118. The molecule has 0 radical (unpaired) electrons. The summed E-state index contributed by atoms with van der Waals surface area (Å²) < 4.78 is 24.4. The molecule has 1 atom stereocenters. The van der Waals surface area contributed by atoms with Crippen LogP contribution in [0.15, 0.2) is 45.8 Å². The van der Waals surface area contributed by atoms with Gasteiger partial charge in [-0.05, 0) is 48.9 Å². The minimum atomic E-state index is -3.71. The molecule has 5 heteroatoms. The molecular formula is C14H15BrO3S. The second-order valence-corrected chi connectivity index (χ2v) is 7.32. The van der Waals surface area contributed by atoms with Crippen molar-refractivity contribution in [3.63, 3.8) is 0 Å². The van der Waals surface area contributed by atoms with E-state index in [0.717, 1.165) is 0 Å². The molecule has 102 valence electrons. The van der Waals surface area contributed by atoms with Crippen LogP contribution < -0.4 is 0 Å². The molecule has 1 aromatic rings. The summed E-state index contributed by atoms with van der Waals surface area (Å²) in [4.78, 5) is 13.9. The van der Waals surface area contributed by atoms with Gasteiger partial charge >= 0.3 is 0 Å². The normalized spacial score (nSPS) is 25.7. The van der Waals surface area contributed by atoms with Gasteiger partial charge in [-0.1, -0.05) is 34.1 Å². The number of Topliss-reactive ketones (excluding diaryl/α,β-unsaturated/α-hetero) is 1. The Morgan fingerprint density at radius 2 is 1.95 bits per heavy atom. The lowest BCUT2D eigenvalue weighted by Crippen LogP contribution is -2.44. The fraction of sp³-hybridized carbons (Fsp3) is 0.357. The van der Waals surface area contributed by atoms with Crippen molar-refractivity contribution in [2.24, 2.45) is 0 Å². The smallest absolute Gasteiger partial charge is 0.195 e. The van der Waals surface area contributed by atoms with Gasteiger partial charge in [0, 0.05) is 0 Å². The largest absolute Gasteiger partial charge is 0.298 e. The van der Waals surface area contributed by atoms with Crippen molar-refractivity contribution in [3.8, 4) is 0 Å². The first-order valence-corrected chi connectivity index (χ1v) is 8.47. The molecule has 1 aromatic carbocycles. The predicted molar refractivity (Wildman–Crippen MR) is 77.9 cm³/mol. The van der Waals surface area contributed by atoms with E-state index >= 15 is 0 Å². The maximum absolute atomic E-state index is 12.9. The summed E-state index contributed by atoms with van der Waals surface area (Å²) in [6.07, 6.45) is 1.71. The molecule has 0 aromatic heterocycles. The number of sulfone groups is 1. The van der Waals surface area contributed by atoms with Gasteiger partial charge in [-0.25, -0.2) is 8.42 Å².